The van der Waals surface area contributed by atoms with E-state index in [4.69, 9.17) is 10.8 Å². The number of halogens is 3. The number of aryl methyl sites for hydroxylation is 1. The number of rotatable bonds is 4. The molecule has 0 aliphatic rings. The molecular formula is C11H14F3NO. The Morgan fingerprint density at radius 3 is 2.44 bits per heavy atom. The fourth-order valence-corrected chi connectivity index (χ4v) is 1.43. The van der Waals surface area contributed by atoms with Crippen molar-refractivity contribution in [2.45, 2.75) is 25.4 Å². The lowest BCUT2D eigenvalue weighted by atomic mass is 10.0. The van der Waals surface area contributed by atoms with Gasteiger partial charge in [-0.1, -0.05) is 0 Å². The Hall–Kier alpha value is -1.23. The van der Waals surface area contributed by atoms with Gasteiger partial charge in [0.25, 0.3) is 0 Å². The van der Waals surface area contributed by atoms with E-state index in [1.54, 1.807) is 0 Å². The smallest absolute Gasteiger partial charge is 0.399 e. The summed E-state index contributed by atoms with van der Waals surface area (Å²) in [6.07, 6.45) is -2.69. The van der Waals surface area contributed by atoms with Crippen molar-refractivity contribution in [3.8, 4) is 0 Å². The number of aliphatic hydroxyl groups is 1. The zero-order chi connectivity index (χ0) is 12.2. The van der Waals surface area contributed by atoms with Gasteiger partial charge in [-0.3, -0.25) is 0 Å². The van der Waals surface area contributed by atoms with Gasteiger partial charge in [-0.15, -0.1) is 0 Å². The third-order valence-corrected chi connectivity index (χ3v) is 2.32. The largest absolute Gasteiger partial charge is 0.416 e. The Labute approximate surface area is 91.9 Å². The van der Waals surface area contributed by atoms with Crippen molar-refractivity contribution in [1.29, 1.82) is 0 Å². The summed E-state index contributed by atoms with van der Waals surface area (Å²) in [5.74, 6) is 0. The van der Waals surface area contributed by atoms with Gasteiger partial charge in [-0.25, -0.2) is 0 Å². The van der Waals surface area contributed by atoms with E-state index in [0.717, 1.165) is 12.1 Å². The first-order chi connectivity index (χ1) is 7.45. The number of hydrogen-bond donors (Lipinski definition) is 2. The average Bonchev–Trinajstić information content (AvgIpc) is 2.19. The molecule has 0 fully saturated rings. The zero-order valence-electron chi connectivity index (χ0n) is 8.72. The summed E-state index contributed by atoms with van der Waals surface area (Å²) >= 11 is 0. The van der Waals surface area contributed by atoms with Crippen molar-refractivity contribution in [2.75, 3.05) is 12.3 Å². The highest BCUT2D eigenvalue weighted by Gasteiger charge is 2.30. The molecule has 0 spiro atoms. The lowest BCUT2D eigenvalue weighted by Crippen LogP contribution is -2.07. The summed E-state index contributed by atoms with van der Waals surface area (Å²) < 4.78 is 37.2. The minimum atomic E-state index is -4.33. The molecule has 90 valence electrons. The molecule has 0 heterocycles. The van der Waals surface area contributed by atoms with Crippen molar-refractivity contribution in [3.05, 3.63) is 29.3 Å². The molecular weight excluding hydrogens is 219 g/mol. The van der Waals surface area contributed by atoms with Crippen LogP contribution in [-0.4, -0.2) is 11.7 Å². The molecule has 0 aliphatic heterocycles. The standard InChI is InChI=1S/C11H14F3NO/c12-11(13,14)9-4-5-10(15)8(7-9)3-1-2-6-16/h4-5,7,16H,1-3,6,15H2. The number of nitrogens with two attached hydrogens (primary N) is 1. The molecule has 0 aliphatic carbocycles. The molecule has 0 radical (unpaired) electrons. The maximum absolute atomic E-state index is 12.4. The van der Waals surface area contributed by atoms with Crippen LogP contribution in [0.15, 0.2) is 18.2 Å². The Morgan fingerprint density at radius 1 is 1.19 bits per heavy atom. The summed E-state index contributed by atoms with van der Waals surface area (Å²) in [6, 6.07) is 3.33. The van der Waals surface area contributed by atoms with Crippen LogP contribution < -0.4 is 5.73 Å². The highest BCUT2D eigenvalue weighted by molar-refractivity contribution is 5.49. The molecule has 2 nitrogen and oxygen atoms in total. The molecule has 0 atom stereocenters. The first kappa shape index (κ1) is 12.8. The lowest BCUT2D eigenvalue weighted by molar-refractivity contribution is -0.137. The van der Waals surface area contributed by atoms with Gasteiger partial charge in [0.05, 0.1) is 5.56 Å². The first-order valence-electron chi connectivity index (χ1n) is 5.01. The molecule has 0 saturated carbocycles. The minimum Gasteiger partial charge on any atom is -0.399 e. The van der Waals surface area contributed by atoms with Crippen LogP contribution in [0, 0.1) is 0 Å². The molecule has 0 saturated heterocycles. The minimum absolute atomic E-state index is 0.0405. The Kier molecular flexibility index (Phi) is 4.18. The molecule has 1 aromatic carbocycles. The van der Waals surface area contributed by atoms with Crippen LogP contribution in [0.4, 0.5) is 18.9 Å². The summed E-state index contributed by atoms with van der Waals surface area (Å²) in [4.78, 5) is 0. The maximum Gasteiger partial charge on any atom is 0.416 e. The van der Waals surface area contributed by atoms with E-state index in [1.807, 2.05) is 0 Å². The van der Waals surface area contributed by atoms with Crippen LogP contribution in [-0.2, 0) is 12.6 Å². The quantitative estimate of drug-likeness (QED) is 0.620. The van der Waals surface area contributed by atoms with E-state index < -0.39 is 11.7 Å². The van der Waals surface area contributed by atoms with Gasteiger partial charge in [-0.2, -0.15) is 13.2 Å². The monoisotopic (exact) mass is 233 g/mol. The molecule has 5 heteroatoms. The van der Waals surface area contributed by atoms with E-state index in [2.05, 4.69) is 0 Å². The third kappa shape index (κ3) is 3.41. The van der Waals surface area contributed by atoms with Gasteiger partial charge >= 0.3 is 6.18 Å². The molecule has 0 unspecified atom stereocenters. The Balaban J connectivity index is 2.83. The van der Waals surface area contributed by atoms with E-state index in [1.165, 1.54) is 6.07 Å². The zero-order valence-corrected chi connectivity index (χ0v) is 8.72. The van der Waals surface area contributed by atoms with Gasteiger partial charge in [0, 0.05) is 12.3 Å². The second-order valence-electron chi connectivity index (χ2n) is 3.59. The van der Waals surface area contributed by atoms with E-state index >= 15 is 0 Å². The fraction of sp³-hybridized carbons (Fsp3) is 0.455. The number of alkyl halides is 3. The molecule has 1 aromatic rings. The predicted octanol–water partition coefficient (Wildman–Crippen LogP) is 2.60. The molecule has 0 aromatic heterocycles. The van der Waals surface area contributed by atoms with Crippen molar-refractivity contribution in [1.82, 2.24) is 0 Å². The van der Waals surface area contributed by atoms with E-state index in [9.17, 15) is 13.2 Å². The van der Waals surface area contributed by atoms with Crippen LogP contribution in [0.3, 0.4) is 0 Å². The summed E-state index contributed by atoms with van der Waals surface area (Å²) in [6.45, 7) is 0.0405. The number of anilines is 1. The number of benzene rings is 1. The van der Waals surface area contributed by atoms with Gasteiger partial charge in [0.15, 0.2) is 0 Å². The Bertz CT molecular complexity index is 350. The SMILES string of the molecule is Nc1ccc(C(F)(F)F)cc1CCCCO. The van der Waals surface area contributed by atoms with E-state index in [0.29, 0.717) is 30.5 Å². The number of aliphatic hydroxyl groups excluding tert-OH is 1. The number of unbranched alkanes of at least 4 members (excludes halogenated alkanes) is 1. The first-order valence-corrected chi connectivity index (χ1v) is 5.01. The van der Waals surface area contributed by atoms with Gasteiger partial charge in [0.2, 0.25) is 0 Å². The van der Waals surface area contributed by atoms with Crippen molar-refractivity contribution >= 4 is 5.69 Å². The topological polar surface area (TPSA) is 46.2 Å². The van der Waals surface area contributed by atoms with Crippen LogP contribution in [0.2, 0.25) is 0 Å². The average molecular weight is 233 g/mol. The Morgan fingerprint density at radius 2 is 1.88 bits per heavy atom. The van der Waals surface area contributed by atoms with E-state index in [-0.39, 0.29) is 6.61 Å². The highest BCUT2D eigenvalue weighted by Crippen LogP contribution is 2.31. The van der Waals surface area contributed by atoms with Crippen LogP contribution >= 0.6 is 0 Å². The normalized spacial score (nSPS) is 11.8. The second kappa shape index (κ2) is 5.21. The van der Waals surface area contributed by atoms with Gasteiger partial charge < -0.3 is 10.8 Å². The molecule has 16 heavy (non-hydrogen) atoms. The van der Waals surface area contributed by atoms with Crippen LogP contribution in [0.25, 0.3) is 0 Å². The van der Waals surface area contributed by atoms with Crippen molar-refractivity contribution < 1.29 is 18.3 Å². The lowest BCUT2D eigenvalue weighted by Gasteiger charge is -2.10. The van der Waals surface area contributed by atoms with Crippen LogP contribution in [0.5, 0.6) is 0 Å². The number of hydrogen-bond acceptors (Lipinski definition) is 2. The fourth-order valence-electron chi connectivity index (χ4n) is 1.43. The number of nitrogen functional groups attached to an aromatic ring is 1. The van der Waals surface area contributed by atoms with Crippen molar-refractivity contribution in [2.24, 2.45) is 0 Å². The summed E-state index contributed by atoms with van der Waals surface area (Å²) in [5.41, 5.74) is 5.76. The van der Waals surface area contributed by atoms with Gasteiger partial charge in [0.1, 0.15) is 0 Å². The predicted molar refractivity (Wildman–Crippen MR) is 55.9 cm³/mol. The highest BCUT2D eigenvalue weighted by atomic mass is 19.4. The maximum atomic E-state index is 12.4. The van der Waals surface area contributed by atoms with Crippen LogP contribution in [0.1, 0.15) is 24.0 Å². The molecule has 0 bridgehead atoms. The summed E-state index contributed by atoms with van der Waals surface area (Å²) in [5, 5.41) is 8.59. The second-order valence-corrected chi connectivity index (χ2v) is 3.59. The molecule has 0 amide bonds. The third-order valence-electron chi connectivity index (χ3n) is 2.32. The molecule has 1 rings (SSSR count). The van der Waals surface area contributed by atoms with Gasteiger partial charge in [-0.05, 0) is 43.0 Å². The molecule has 3 N–H and O–H groups in total. The summed E-state index contributed by atoms with van der Waals surface area (Å²) in [7, 11) is 0. The van der Waals surface area contributed by atoms with Crippen molar-refractivity contribution in [3.63, 3.8) is 0 Å².